The Labute approximate surface area is 125 Å². The van der Waals surface area contributed by atoms with Gasteiger partial charge in [-0.15, -0.1) is 0 Å². The van der Waals surface area contributed by atoms with Crippen LogP contribution in [0.5, 0.6) is 0 Å². The molecule has 0 fully saturated rings. The van der Waals surface area contributed by atoms with Gasteiger partial charge in [0.15, 0.2) is 0 Å². The van der Waals surface area contributed by atoms with Crippen molar-refractivity contribution >= 4 is 23.5 Å². The molecule has 2 aromatic heterocycles. The van der Waals surface area contributed by atoms with Crippen molar-refractivity contribution in [3.63, 3.8) is 0 Å². The first-order chi connectivity index (χ1) is 10.2. The molecule has 21 heavy (non-hydrogen) atoms. The Morgan fingerprint density at radius 3 is 2.81 bits per heavy atom. The maximum absolute atomic E-state index is 6.09. The highest BCUT2D eigenvalue weighted by atomic mass is 35.5. The molecular formula is C12H11ClN8. The molecule has 2 heterocycles. The quantitative estimate of drug-likeness (QED) is 0.748. The van der Waals surface area contributed by atoms with Crippen LogP contribution in [-0.4, -0.2) is 29.7 Å². The van der Waals surface area contributed by atoms with Crippen molar-refractivity contribution in [3.05, 3.63) is 47.5 Å². The van der Waals surface area contributed by atoms with Crippen LogP contribution in [0.3, 0.4) is 0 Å². The van der Waals surface area contributed by atoms with Crippen molar-refractivity contribution < 1.29 is 0 Å². The number of hydrogen-bond donors (Lipinski definition) is 2. The number of halogens is 1. The van der Waals surface area contributed by atoms with E-state index in [1.807, 2.05) is 24.3 Å². The summed E-state index contributed by atoms with van der Waals surface area (Å²) < 4.78 is 1.40. The molecule has 106 valence electrons. The van der Waals surface area contributed by atoms with E-state index in [9.17, 15) is 0 Å². The predicted octanol–water partition coefficient (Wildman–Crippen LogP) is 1.30. The largest absolute Gasteiger partial charge is 0.368 e. The number of nitrogens with zero attached hydrogens (tertiary/aromatic N) is 6. The zero-order valence-corrected chi connectivity index (χ0v) is 11.6. The van der Waals surface area contributed by atoms with E-state index >= 15 is 0 Å². The molecule has 3 rings (SSSR count). The van der Waals surface area contributed by atoms with E-state index in [2.05, 4.69) is 30.4 Å². The maximum Gasteiger partial charge on any atom is 0.258 e. The third-order valence-corrected chi connectivity index (χ3v) is 3.03. The van der Waals surface area contributed by atoms with E-state index in [-0.39, 0.29) is 5.95 Å². The standard InChI is InChI=1S/C12H11ClN8/c13-9-4-2-1-3-8(9)5-16-11-18-10(14)19-12(20-11)21-7-15-6-17-21/h1-4,6-7H,5H2,(H3,14,16,18,19,20). The van der Waals surface area contributed by atoms with Crippen LogP contribution in [0.2, 0.25) is 5.02 Å². The number of nitrogen functional groups attached to an aromatic ring is 1. The highest BCUT2D eigenvalue weighted by molar-refractivity contribution is 6.31. The predicted molar refractivity (Wildman–Crippen MR) is 77.9 cm³/mol. The average Bonchev–Trinajstić information content (AvgIpc) is 3.00. The second-order valence-corrected chi connectivity index (χ2v) is 4.51. The Morgan fingerprint density at radius 2 is 2.05 bits per heavy atom. The minimum Gasteiger partial charge on any atom is -0.368 e. The Balaban J connectivity index is 1.81. The minimum absolute atomic E-state index is 0.0946. The van der Waals surface area contributed by atoms with E-state index in [4.69, 9.17) is 17.3 Å². The normalized spacial score (nSPS) is 10.5. The second-order valence-electron chi connectivity index (χ2n) is 4.10. The Morgan fingerprint density at radius 1 is 1.19 bits per heavy atom. The highest BCUT2D eigenvalue weighted by Crippen LogP contribution is 2.16. The fourth-order valence-electron chi connectivity index (χ4n) is 1.69. The van der Waals surface area contributed by atoms with E-state index < -0.39 is 0 Å². The van der Waals surface area contributed by atoms with Crippen LogP contribution in [0.1, 0.15) is 5.56 Å². The first-order valence-electron chi connectivity index (χ1n) is 6.06. The highest BCUT2D eigenvalue weighted by Gasteiger charge is 2.07. The number of nitrogens with one attached hydrogen (secondary N) is 1. The zero-order chi connectivity index (χ0) is 14.7. The van der Waals surface area contributed by atoms with Crippen LogP contribution in [-0.2, 0) is 6.54 Å². The summed E-state index contributed by atoms with van der Waals surface area (Å²) in [7, 11) is 0. The number of rotatable bonds is 4. The molecule has 0 saturated heterocycles. The molecule has 0 bridgehead atoms. The molecule has 8 nitrogen and oxygen atoms in total. The first kappa shape index (κ1) is 13.3. The third kappa shape index (κ3) is 3.06. The molecule has 0 radical (unpaired) electrons. The summed E-state index contributed by atoms with van der Waals surface area (Å²) in [4.78, 5) is 16.1. The van der Waals surface area contributed by atoms with Crippen LogP contribution in [0, 0.1) is 0 Å². The van der Waals surface area contributed by atoms with Crippen molar-refractivity contribution in [2.75, 3.05) is 11.1 Å². The summed E-state index contributed by atoms with van der Waals surface area (Å²) in [6, 6.07) is 7.51. The molecule has 0 amide bonds. The Hall–Kier alpha value is -2.74. The molecule has 0 aliphatic carbocycles. The van der Waals surface area contributed by atoms with Crippen molar-refractivity contribution in [3.8, 4) is 5.95 Å². The lowest BCUT2D eigenvalue weighted by molar-refractivity contribution is 0.797. The number of anilines is 2. The van der Waals surface area contributed by atoms with Gasteiger partial charge in [0, 0.05) is 11.6 Å². The van der Waals surface area contributed by atoms with Crippen LogP contribution in [0.25, 0.3) is 5.95 Å². The molecule has 0 atom stereocenters. The fourth-order valence-corrected chi connectivity index (χ4v) is 1.89. The lowest BCUT2D eigenvalue weighted by atomic mass is 10.2. The monoisotopic (exact) mass is 302 g/mol. The van der Waals surface area contributed by atoms with Gasteiger partial charge in [-0.05, 0) is 11.6 Å². The van der Waals surface area contributed by atoms with E-state index in [1.54, 1.807) is 0 Å². The maximum atomic E-state index is 6.09. The molecule has 0 aliphatic rings. The van der Waals surface area contributed by atoms with Gasteiger partial charge in [0.2, 0.25) is 11.9 Å². The second kappa shape index (κ2) is 5.71. The lowest BCUT2D eigenvalue weighted by Crippen LogP contribution is -2.11. The summed E-state index contributed by atoms with van der Waals surface area (Å²) >= 11 is 6.09. The number of aromatic nitrogens is 6. The summed E-state index contributed by atoms with van der Waals surface area (Å²) in [6.07, 6.45) is 2.86. The molecule has 0 spiro atoms. The first-order valence-corrected chi connectivity index (χ1v) is 6.44. The van der Waals surface area contributed by atoms with Crippen molar-refractivity contribution in [2.24, 2.45) is 0 Å². The smallest absolute Gasteiger partial charge is 0.258 e. The third-order valence-electron chi connectivity index (χ3n) is 2.66. The van der Waals surface area contributed by atoms with Crippen LogP contribution in [0.4, 0.5) is 11.9 Å². The van der Waals surface area contributed by atoms with Crippen molar-refractivity contribution in [1.82, 2.24) is 29.7 Å². The zero-order valence-electron chi connectivity index (χ0n) is 10.8. The van der Waals surface area contributed by atoms with Crippen molar-refractivity contribution in [2.45, 2.75) is 6.54 Å². The van der Waals surface area contributed by atoms with E-state index in [1.165, 1.54) is 17.3 Å². The molecule has 0 aliphatic heterocycles. The van der Waals surface area contributed by atoms with Crippen LogP contribution in [0.15, 0.2) is 36.9 Å². The van der Waals surface area contributed by atoms with Gasteiger partial charge >= 0.3 is 0 Å². The molecule has 0 unspecified atom stereocenters. The average molecular weight is 303 g/mol. The van der Waals surface area contributed by atoms with Gasteiger partial charge < -0.3 is 11.1 Å². The summed E-state index contributed by atoms with van der Waals surface area (Å²) in [5.74, 6) is 0.728. The van der Waals surface area contributed by atoms with Gasteiger partial charge in [-0.1, -0.05) is 29.8 Å². The van der Waals surface area contributed by atoms with Crippen molar-refractivity contribution in [1.29, 1.82) is 0 Å². The minimum atomic E-state index is 0.0946. The van der Waals surface area contributed by atoms with Gasteiger partial charge in [0.05, 0.1) is 0 Å². The lowest BCUT2D eigenvalue weighted by Gasteiger charge is -2.08. The number of nitrogens with two attached hydrogens (primary N) is 1. The fraction of sp³-hybridized carbons (Fsp3) is 0.0833. The van der Waals surface area contributed by atoms with Gasteiger partial charge in [0.25, 0.3) is 5.95 Å². The van der Waals surface area contributed by atoms with Gasteiger partial charge in [-0.3, -0.25) is 0 Å². The molecule has 3 aromatic rings. The summed E-state index contributed by atoms with van der Waals surface area (Å²) in [6.45, 7) is 0.472. The summed E-state index contributed by atoms with van der Waals surface area (Å²) in [5.41, 5.74) is 6.61. The van der Waals surface area contributed by atoms with Crippen LogP contribution < -0.4 is 11.1 Å². The van der Waals surface area contributed by atoms with Gasteiger partial charge in [-0.2, -0.15) is 24.7 Å². The topological polar surface area (TPSA) is 107 Å². The van der Waals surface area contributed by atoms with Gasteiger partial charge in [0.1, 0.15) is 12.7 Å². The summed E-state index contributed by atoms with van der Waals surface area (Å²) in [5, 5.41) is 7.68. The van der Waals surface area contributed by atoms with E-state index in [0.717, 1.165) is 5.56 Å². The molecular weight excluding hydrogens is 292 g/mol. The molecule has 9 heteroatoms. The van der Waals surface area contributed by atoms with Gasteiger partial charge in [-0.25, -0.2) is 4.98 Å². The molecule has 3 N–H and O–H groups in total. The number of hydrogen-bond acceptors (Lipinski definition) is 7. The SMILES string of the molecule is Nc1nc(NCc2ccccc2Cl)nc(-n2cncn2)n1. The Bertz CT molecular complexity index is 743. The Kier molecular flexibility index (Phi) is 3.61. The van der Waals surface area contributed by atoms with E-state index in [0.29, 0.717) is 23.5 Å². The van der Waals surface area contributed by atoms with Crippen LogP contribution >= 0.6 is 11.6 Å². The molecule has 0 saturated carbocycles. The number of benzene rings is 1. The molecule has 1 aromatic carbocycles.